The normalized spacial score (nSPS) is 21.2. The highest BCUT2D eigenvalue weighted by molar-refractivity contribution is 5.81. The minimum absolute atomic E-state index is 0.0240. The molecule has 0 bridgehead atoms. The number of hydrogen-bond donors (Lipinski definition) is 2. The number of aliphatic imine (C=N–C) groups is 1. The SMILES string of the molecule is CCNC(=NCC(C)(C)c1ccccc1)NC1CCN(C(=O)C2CCCC2)C1. The number of carbonyl (C=O) groups excluding carboxylic acids is 1. The lowest BCUT2D eigenvalue weighted by molar-refractivity contribution is -0.134. The Hall–Kier alpha value is -2.04. The van der Waals surface area contributed by atoms with Crippen LogP contribution in [0.15, 0.2) is 35.3 Å². The fraction of sp³-hybridized carbons (Fsp3) is 0.652. The molecule has 154 valence electrons. The first-order chi connectivity index (χ1) is 13.5. The number of benzene rings is 1. The van der Waals surface area contributed by atoms with Crippen molar-refractivity contribution >= 4 is 11.9 Å². The van der Waals surface area contributed by atoms with E-state index < -0.39 is 0 Å². The minimum Gasteiger partial charge on any atom is -0.357 e. The van der Waals surface area contributed by atoms with Gasteiger partial charge >= 0.3 is 0 Å². The average molecular weight is 385 g/mol. The van der Waals surface area contributed by atoms with Crippen LogP contribution >= 0.6 is 0 Å². The molecule has 5 nitrogen and oxygen atoms in total. The van der Waals surface area contributed by atoms with Crippen LogP contribution in [0.3, 0.4) is 0 Å². The van der Waals surface area contributed by atoms with Crippen molar-refractivity contribution in [1.82, 2.24) is 15.5 Å². The van der Waals surface area contributed by atoms with Gasteiger partial charge in [-0.3, -0.25) is 9.79 Å². The highest BCUT2D eigenvalue weighted by Crippen LogP contribution is 2.28. The lowest BCUT2D eigenvalue weighted by atomic mass is 9.85. The van der Waals surface area contributed by atoms with E-state index in [1.807, 2.05) is 6.07 Å². The summed E-state index contributed by atoms with van der Waals surface area (Å²) in [4.78, 5) is 19.6. The van der Waals surface area contributed by atoms with Crippen LogP contribution in [0.2, 0.25) is 0 Å². The van der Waals surface area contributed by atoms with Crippen molar-refractivity contribution in [3.8, 4) is 0 Å². The second-order valence-corrected chi connectivity index (χ2v) is 8.84. The van der Waals surface area contributed by atoms with Gasteiger partial charge in [0.15, 0.2) is 5.96 Å². The van der Waals surface area contributed by atoms with E-state index >= 15 is 0 Å². The van der Waals surface area contributed by atoms with Gasteiger partial charge < -0.3 is 15.5 Å². The molecule has 1 heterocycles. The van der Waals surface area contributed by atoms with E-state index in [4.69, 9.17) is 4.99 Å². The predicted octanol–water partition coefficient (Wildman–Crippen LogP) is 3.31. The van der Waals surface area contributed by atoms with Gasteiger partial charge in [0.05, 0.1) is 6.54 Å². The number of nitrogens with one attached hydrogen (secondary N) is 2. The first kappa shape index (κ1) is 20.7. The number of guanidine groups is 1. The second-order valence-electron chi connectivity index (χ2n) is 8.84. The van der Waals surface area contributed by atoms with E-state index in [-0.39, 0.29) is 17.4 Å². The molecule has 1 saturated heterocycles. The Morgan fingerprint density at radius 2 is 1.89 bits per heavy atom. The molecule has 0 radical (unpaired) electrons. The number of nitrogens with zero attached hydrogens (tertiary/aromatic N) is 2. The Morgan fingerprint density at radius 1 is 1.18 bits per heavy atom. The molecule has 5 heteroatoms. The molecular weight excluding hydrogens is 348 g/mol. The minimum atomic E-state index is -0.0240. The lowest BCUT2D eigenvalue weighted by Crippen LogP contribution is -2.46. The summed E-state index contributed by atoms with van der Waals surface area (Å²) < 4.78 is 0. The van der Waals surface area contributed by atoms with Gasteiger partial charge in [-0.1, -0.05) is 57.0 Å². The quantitative estimate of drug-likeness (QED) is 0.584. The molecule has 1 atom stereocenters. The smallest absolute Gasteiger partial charge is 0.225 e. The third-order valence-corrected chi connectivity index (χ3v) is 6.08. The fourth-order valence-electron chi connectivity index (χ4n) is 4.28. The van der Waals surface area contributed by atoms with E-state index in [0.717, 1.165) is 44.9 Å². The average Bonchev–Trinajstić information content (AvgIpc) is 3.39. The molecule has 1 aromatic rings. The lowest BCUT2D eigenvalue weighted by Gasteiger charge is -2.25. The van der Waals surface area contributed by atoms with Crippen LogP contribution in [-0.4, -0.2) is 49.0 Å². The summed E-state index contributed by atoms with van der Waals surface area (Å²) in [5.74, 6) is 1.49. The van der Waals surface area contributed by atoms with Gasteiger partial charge in [0.1, 0.15) is 0 Å². The Bertz CT molecular complexity index is 664. The molecule has 1 aliphatic heterocycles. The number of likely N-dealkylation sites (tertiary alicyclic amines) is 1. The first-order valence-corrected chi connectivity index (χ1v) is 10.9. The van der Waals surface area contributed by atoms with Gasteiger partial charge in [-0.2, -0.15) is 0 Å². The zero-order valence-electron chi connectivity index (χ0n) is 17.7. The third kappa shape index (κ3) is 5.27. The van der Waals surface area contributed by atoms with E-state index in [2.05, 4.69) is 60.6 Å². The zero-order chi connectivity index (χ0) is 20.0. The summed E-state index contributed by atoms with van der Waals surface area (Å²) in [5, 5.41) is 6.93. The topological polar surface area (TPSA) is 56.7 Å². The van der Waals surface area contributed by atoms with Gasteiger partial charge in [-0.05, 0) is 31.7 Å². The zero-order valence-corrected chi connectivity index (χ0v) is 17.7. The van der Waals surface area contributed by atoms with Crippen molar-refractivity contribution in [3.63, 3.8) is 0 Å². The van der Waals surface area contributed by atoms with Crippen LogP contribution in [0.5, 0.6) is 0 Å². The number of hydrogen-bond acceptors (Lipinski definition) is 2. The summed E-state index contributed by atoms with van der Waals surface area (Å²) in [6.07, 6.45) is 5.56. The standard InChI is InChI=1S/C23H36N4O/c1-4-24-22(25-17-23(2,3)19-12-6-5-7-13-19)26-20-14-15-27(16-20)21(28)18-10-8-9-11-18/h5-7,12-13,18,20H,4,8-11,14-17H2,1-3H3,(H2,24,25,26). The van der Waals surface area contributed by atoms with Gasteiger partial charge in [0.2, 0.25) is 5.91 Å². The highest BCUT2D eigenvalue weighted by atomic mass is 16.2. The van der Waals surface area contributed by atoms with Gasteiger partial charge in [0.25, 0.3) is 0 Å². The van der Waals surface area contributed by atoms with Crippen molar-refractivity contribution < 1.29 is 4.79 Å². The summed E-state index contributed by atoms with van der Waals surface area (Å²) in [7, 11) is 0. The van der Waals surface area contributed by atoms with E-state index in [1.165, 1.54) is 18.4 Å². The van der Waals surface area contributed by atoms with E-state index in [1.54, 1.807) is 0 Å². The van der Waals surface area contributed by atoms with Gasteiger partial charge in [-0.25, -0.2) is 0 Å². The maximum atomic E-state index is 12.7. The van der Waals surface area contributed by atoms with E-state index in [9.17, 15) is 4.79 Å². The summed E-state index contributed by atoms with van der Waals surface area (Å²) >= 11 is 0. The van der Waals surface area contributed by atoms with Crippen LogP contribution in [0.1, 0.15) is 58.4 Å². The predicted molar refractivity (Wildman–Crippen MR) is 116 cm³/mol. The molecule has 1 saturated carbocycles. The molecule has 1 aromatic carbocycles. The summed E-state index contributed by atoms with van der Waals surface area (Å²) in [6, 6.07) is 10.8. The summed E-state index contributed by atoms with van der Waals surface area (Å²) in [6.45, 7) is 9.74. The molecule has 3 rings (SSSR count). The number of carbonyl (C=O) groups is 1. The number of amides is 1. The molecule has 1 unspecified atom stereocenters. The highest BCUT2D eigenvalue weighted by Gasteiger charge is 2.32. The second kappa shape index (κ2) is 9.44. The van der Waals surface area contributed by atoms with Crippen LogP contribution in [-0.2, 0) is 10.2 Å². The molecule has 2 aliphatic rings. The van der Waals surface area contributed by atoms with Crippen LogP contribution < -0.4 is 10.6 Å². The Morgan fingerprint density at radius 3 is 2.57 bits per heavy atom. The van der Waals surface area contributed by atoms with Crippen LogP contribution in [0.25, 0.3) is 0 Å². The van der Waals surface area contributed by atoms with Crippen molar-refractivity contribution in [2.24, 2.45) is 10.9 Å². The molecule has 2 fully saturated rings. The molecule has 0 aromatic heterocycles. The molecular formula is C23H36N4O. The molecule has 2 N–H and O–H groups in total. The van der Waals surface area contributed by atoms with Gasteiger partial charge in [0, 0.05) is 37.0 Å². The largest absolute Gasteiger partial charge is 0.357 e. The van der Waals surface area contributed by atoms with Crippen molar-refractivity contribution in [1.29, 1.82) is 0 Å². The molecule has 1 amide bonds. The molecule has 1 aliphatic carbocycles. The van der Waals surface area contributed by atoms with E-state index in [0.29, 0.717) is 12.5 Å². The van der Waals surface area contributed by atoms with Crippen LogP contribution in [0, 0.1) is 5.92 Å². The Labute approximate surface area is 170 Å². The Balaban J connectivity index is 1.57. The monoisotopic (exact) mass is 384 g/mol. The molecule has 28 heavy (non-hydrogen) atoms. The summed E-state index contributed by atoms with van der Waals surface area (Å²) in [5.41, 5.74) is 1.27. The van der Waals surface area contributed by atoms with Crippen LogP contribution in [0.4, 0.5) is 0 Å². The maximum Gasteiger partial charge on any atom is 0.225 e. The maximum absolute atomic E-state index is 12.7. The van der Waals surface area contributed by atoms with Crippen molar-refractivity contribution in [2.45, 2.75) is 64.3 Å². The van der Waals surface area contributed by atoms with Gasteiger partial charge in [-0.15, -0.1) is 0 Å². The third-order valence-electron chi connectivity index (χ3n) is 6.08. The Kier molecular flexibility index (Phi) is 6.97. The fourth-order valence-corrected chi connectivity index (χ4v) is 4.28. The number of rotatable bonds is 6. The first-order valence-electron chi connectivity index (χ1n) is 10.9. The van der Waals surface area contributed by atoms with Crippen molar-refractivity contribution in [3.05, 3.63) is 35.9 Å². The molecule has 0 spiro atoms. The van der Waals surface area contributed by atoms with Crippen molar-refractivity contribution in [2.75, 3.05) is 26.2 Å².